The molecule has 0 radical (unpaired) electrons. The van der Waals surface area contributed by atoms with Crippen LogP contribution in [0.5, 0.6) is 0 Å². The molecule has 4 aromatic rings. The summed E-state index contributed by atoms with van der Waals surface area (Å²) in [7, 11) is 0. The minimum absolute atomic E-state index is 0.224. The highest BCUT2D eigenvalue weighted by atomic mass is 35.5. The van der Waals surface area contributed by atoms with Crippen LogP contribution < -0.4 is 10.6 Å². The number of rotatable bonds is 6. The van der Waals surface area contributed by atoms with Gasteiger partial charge in [-0.05, 0) is 76.2 Å². The average Bonchev–Trinajstić information content (AvgIpc) is 2.83. The number of hydrogen-bond donors (Lipinski definition) is 2. The van der Waals surface area contributed by atoms with Crippen molar-refractivity contribution in [1.29, 1.82) is 0 Å². The first-order valence-corrected chi connectivity index (χ1v) is 13.0. The molecule has 1 aliphatic heterocycles. The quantitative estimate of drug-likeness (QED) is 0.293. The fourth-order valence-corrected chi connectivity index (χ4v) is 5.43. The van der Waals surface area contributed by atoms with Crippen molar-refractivity contribution in [3.05, 3.63) is 71.0 Å². The molecule has 2 aromatic carbocycles. The zero-order chi connectivity index (χ0) is 25.5. The second-order valence-corrected chi connectivity index (χ2v) is 11.3. The number of pyridine rings is 2. The maximum absolute atomic E-state index is 6.18. The lowest BCUT2D eigenvalue weighted by molar-refractivity contribution is 0.0274. The number of fused-ring (bicyclic) bond motifs is 2. The number of piperazine rings is 1. The Bertz CT molecular complexity index is 1290. The summed E-state index contributed by atoms with van der Waals surface area (Å²) in [5, 5.41) is 11.1. The molecule has 36 heavy (non-hydrogen) atoms. The van der Waals surface area contributed by atoms with Crippen molar-refractivity contribution < 1.29 is 0 Å². The van der Waals surface area contributed by atoms with E-state index in [0.717, 1.165) is 59.4 Å². The van der Waals surface area contributed by atoms with E-state index in [1.54, 1.807) is 0 Å². The molecule has 0 unspecified atom stereocenters. The standard InChI is InChI=1S/C28H32Cl2N6/c1-27(2,33-23-9-11-31-25-17-19(29)5-7-21(23)25)35-13-15-36(16-14-35)28(3,4)34-24-10-12-32-26-18-20(30)6-8-22(24)26/h5-12,17-18H,13-16H2,1-4H3,(H,31,33)(H,32,34). The van der Waals surface area contributed by atoms with Crippen LogP contribution in [0.3, 0.4) is 0 Å². The Balaban J connectivity index is 1.27. The number of nitrogens with zero attached hydrogens (tertiary/aromatic N) is 4. The summed E-state index contributed by atoms with van der Waals surface area (Å²) < 4.78 is 0. The third kappa shape index (κ3) is 5.09. The van der Waals surface area contributed by atoms with Gasteiger partial charge in [0.25, 0.3) is 0 Å². The van der Waals surface area contributed by atoms with Crippen molar-refractivity contribution in [3.63, 3.8) is 0 Å². The molecule has 0 atom stereocenters. The molecule has 6 nitrogen and oxygen atoms in total. The molecule has 188 valence electrons. The van der Waals surface area contributed by atoms with Crippen molar-refractivity contribution in [3.8, 4) is 0 Å². The summed E-state index contributed by atoms with van der Waals surface area (Å²) in [6.45, 7) is 12.8. The molecular weight excluding hydrogens is 491 g/mol. The maximum atomic E-state index is 6.18. The molecule has 1 saturated heterocycles. The second kappa shape index (κ2) is 9.67. The van der Waals surface area contributed by atoms with Gasteiger partial charge in [0.2, 0.25) is 0 Å². The zero-order valence-electron chi connectivity index (χ0n) is 21.1. The van der Waals surface area contributed by atoms with Gasteiger partial charge in [0, 0.05) is 70.8 Å². The third-order valence-electron chi connectivity index (χ3n) is 7.15. The Labute approximate surface area is 222 Å². The monoisotopic (exact) mass is 522 g/mol. The van der Waals surface area contributed by atoms with Crippen LogP contribution in [0.4, 0.5) is 11.4 Å². The van der Waals surface area contributed by atoms with E-state index in [0.29, 0.717) is 10.0 Å². The SMILES string of the molecule is CC(C)(Nc1ccnc2cc(Cl)ccc12)N1CCN(C(C)(C)Nc2ccnc3cc(Cl)ccc23)CC1. The Morgan fingerprint density at radius 2 is 1.03 bits per heavy atom. The Hall–Kier alpha value is -2.64. The van der Waals surface area contributed by atoms with E-state index in [9.17, 15) is 0 Å². The van der Waals surface area contributed by atoms with Crippen molar-refractivity contribution in [2.24, 2.45) is 0 Å². The smallest absolute Gasteiger partial charge is 0.0850 e. The van der Waals surface area contributed by atoms with Crippen LogP contribution in [-0.2, 0) is 0 Å². The first-order chi connectivity index (χ1) is 17.1. The summed E-state index contributed by atoms with van der Waals surface area (Å²) in [6, 6.07) is 15.8. The fraction of sp³-hybridized carbons (Fsp3) is 0.357. The highest BCUT2D eigenvalue weighted by Crippen LogP contribution is 2.31. The predicted molar refractivity (Wildman–Crippen MR) is 152 cm³/mol. The number of benzene rings is 2. The molecule has 0 amide bonds. The zero-order valence-corrected chi connectivity index (χ0v) is 22.7. The Morgan fingerprint density at radius 3 is 1.42 bits per heavy atom. The second-order valence-electron chi connectivity index (χ2n) is 10.4. The lowest BCUT2D eigenvalue weighted by Crippen LogP contribution is -2.62. The molecule has 0 saturated carbocycles. The van der Waals surface area contributed by atoms with Gasteiger partial charge in [0.05, 0.1) is 22.4 Å². The summed E-state index contributed by atoms with van der Waals surface area (Å²) in [6.07, 6.45) is 3.67. The normalized spacial score (nSPS) is 15.9. The molecule has 8 heteroatoms. The van der Waals surface area contributed by atoms with Crippen LogP contribution in [-0.4, -0.2) is 57.3 Å². The lowest BCUT2D eigenvalue weighted by atomic mass is 10.1. The van der Waals surface area contributed by atoms with Crippen LogP contribution in [0, 0.1) is 0 Å². The van der Waals surface area contributed by atoms with E-state index < -0.39 is 0 Å². The average molecular weight is 524 g/mol. The maximum Gasteiger partial charge on any atom is 0.0850 e. The topological polar surface area (TPSA) is 56.3 Å². The van der Waals surface area contributed by atoms with Crippen LogP contribution in [0.2, 0.25) is 10.0 Å². The third-order valence-corrected chi connectivity index (χ3v) is 7.62. The van der Waals surface area contributed by atoms with Crippen molar-refractivity contribution in [1.82, 2.24) is 19.8 Å². The summed E-state index contributed by atoms with van der Waals surface area (Å²) >= 11 is 12.4. The van der Waals surface area contributed by atoms with Gasteiger partial charge in [-0.1, -0.05) is 23.2 Å². The van der Waals surface area contributed by atoms with E-state index in [1.165, 1.54) is 0 Å². The van der Waals surface area contributed by atoms with Crippen LogP contribution in [0.25, 0.3) is 21.8 Å². The first kappa shape index (κ1) is 25.0. The Morgan fingerprint density at radius 1 is 0.639 bits per heavy atom. The van der Waals surface area contributed by atoms with Crippen LogP contribution in [0.1, 0.15) is 27.7 Å². The predicted octanol–water partition coefficient (Wildman–Crippen LogP) is 6.70. The van der Waals surface area contributed by atoms with Crippen LogP contribution >= 0.6 is 23.2 Å². The molecule has 0 bridgehead atoms. The van der Waals surface area contributed by atoms with Crippen LogP contribution in [0.15, 0.2) is 60.9 Å². The van der Waals surface area contributed by atoms with E-state index >= 15 is 0 Å². The molecule has 0 spiro atoms. The van der Waals surface area contributed by atoms with Gasteiger partial charge in [-0.15, -0.1) is 0 Å². The number of aromatic nitrogens is 2. The number of halogens is 2. The number of anilines is 2. The fourth-order valence-electron chi connectivity index (χ4n) is 5.10. The molecule has 1 fully saturated rings. The van der Waals surface area contributed by atoms with Crippen molar-refractivity contribution >= 4 is 56.4 Å². The van der Waals surface area contributed by atoms with E-state index in [4.69, 9.17) is 23.2 Å². The molecule has 3 heterocycles. The van der Waals surface area contributed by atoms with Gasteiger partial charge in [-0.25, -0.2) is 0 Å². The van der Waals surface area contributed by atoms with E-state index in [2.05, 4.69) is 58.1 Å². The number of hydrogen-bond acceptors (Lipinski definition) is 6. The highest BCUT2D eigenvalue weighted by molar-refractivity contribution is 6.31. The molecular formula is C28H32Cl2N6. The molecule has 0 aliphatic carbocycles. The lowest BCUT2D eigenvalue weighted by Gasteiger charge is -2.49. The highest BCUT2D eigenvalue weighted by Gasteiger charge is 2.35. The molecule has 2 aromatic heterocycles. The summed E-state index contributed by atoms with van der Waals surface area (Å²) in [5.41, 5.74) is 3.47. The van der Waals surface area contributed by atoms with E-state index in [1.807, 2.05) is 60.9 Å². The minimum Gasteiger partial charge on any atom is -0.367 e. The minimum atomic E-state index is -0.224. The van der Waals surface area contributed by atoms with Gasteiger partial charge in [-0.2, -0.15) is 0 Å². The summed E-state index contributed by atoms with van der Waals surface area (Å²) in [4.78, 5) is 14.0. The number of nitrogens with one attached hydrogen (secondary N) is 2. The van der Waals surface area contributed by atoms with E-state index in [-0.39, 0.29) is 11.3 Å². The van der Waals surface area contributed by atoms with Gasteiger partial charge >= 0.3 is 0 Å². The van der Waals surface area contributed by atoms with Gasteiger partial charge in [-0.3, -0.25) is 19.8 Å². The summed E-state index contributed by atoms with van der Waals surface area (Å²) in [5.74, 6) is 0. The van der Waals surface area contributed by atoms with Crippen molar-refractivity contribution in [2.75, 3.05) is 36.8 Å². The molecule has 1 aliphatic rings. The molecule has 2 N–H and O–H groups in total. The Kier molecular flexibility index (Phi) is 6.72. The first-order valence-electron chi connectivity index (χ1n) is 12.3. The largest absolute Gasteiger partial charge is 0.367 e. The van der Waals surface area contributed by atoms with Crippen molar-refractivity contribution in [2.45, 2.75) is 39.0 Å². The van der Waals surface area contributed by atoms with Gasteiger partial charge in [0.1, 0.15) is 0 Å². The van der Waals surface area contributed by atoms with Gasteiger partial charge < -0.3 is 10.6 Å². The molecule has 5 rings (SSSR count). The van der Waals surface area contributed by atoms with Gasteiger partial charge in [0.15, 0.2) is 0 Å².